The van der Waals surface area contributed by atoms with Crippen LogP contribution in [0.25, 0.3) is 10.9 Å². The molecule has 0 bridgehead atoms. The summed E-state index contributed by atoms with van der Waals surface area (Å²) in [7, 11) is 0. The number of aryl methyl sites for hydroxylation is 1. The van der Waals surface area contributed by atoms with Crippen molar-refractivity contribution in [1.29, 1.82) is 0 Å². The lowest BCUT2D eigenvalue weighted by atomic mass is 10.1. The molecule has 4 rings (SSSR count). The van der Waals surface area contributed by atoms with E-state index in [1.54, 1.807) is 12.1 Å². The minimum atomic E-state index is -0.961. The number of H-pyrrole nitrogens is 1. The van der Waals surface area contributed by atoms with Crippen molar-refractivity contribution in [1.82, 2.24) is 10.3 Å². The second-order valence-electron chi connectivity index (χ2n) is 6.65. The molecule has 5 heteroatoms. The van der Waals surface area contributed by atoms with Gasteiger partial charge in [-0.1, -0.05) is 48.5 Å². The maximum atomic E-state index is 12.9. The summed E-state index contributed by atoms with van der Waals surface area (Å²) in [6.07, 6.45) is 0.989. The topological polar surface area (TPSA) is 71.2 Å². The third kappa shape index (κ3) is 3.20. The van der Waals surface area contributed by atoms with Crippen molar-refractivity contribution in [3.05, 3.63) is 71.4 Å². The number of rotatable bonds is 5. The highest BCUT2D eigenvalue weighted by molar-refractivity contribution is 6.06. The van der Waals surface area contributed by atoms with Crippen LogP contribution in [0.2, 0.25) is 0 Å². The zero-order valence-corrected chi connectivity index (χ0v) is 14.5. The van der Waals surface area contributed by atoms with Crippen LogP contribution < -0.4 is 5.32 Å². The third-order valence-electron chi connectivity index (χ3n) is 4.59. The number of hydrogen-bond donors (Lipinski definition) is 2. The normalized spacial score (nSPS) is 14.8. The molecule has 0 spiro atoms. The minimum Gasteiger partial charge on any atom is -0.444 e. The van der Waals surface area contributed by atoms with E-state index in [0.29, 0.717) is 11.1 Å². The molecule has 1 aliphatic carbocycles. The number of nitrogens with one attached hydrogen (secondary N) is 2. The summed E-state index contributed by atoms with van der Waals surface area (Å²) >= 11 is 0. The van der Waals surface area contributed by atoms with Gasteiger partial charge in [0, 0.05) is 28.2 Å². The molecule has 1 saturated carbocycles. The molecule has 1 aromatic heterocycles. The number of amides is 1. The highest BCUT2D eigenvalue weighted by Crippen LogP contribution is 2.27. The Morgan fingerprint density at radius 1 is 1.08 bits per heavy atom. The highest BCUT2D eigenvalue weighted by atomic mass is 16.5. The first-order chi connectivity index (χ1) is 12.6. The van der Waals surface area contributed by atoms with E-state index >= 15 is 0 Å². The molecule has 132 valence electrons. The lowest BCUT2D eigenvalue weighted by Crippen LogP contribution is -2.33. The molecule has 0 saturated heterocycles. The summed E-state index contributed by atoms with van der Waals surface area (Å²) in [6, 6.07) is 16.9. The number of aromatic nitrogens is 1. The van der Waals surface area contributed by atoms with Crippen molar-refractivity contribution in [3.8, 4) is 0 Å². The molecular formula is C21H20N2O3. The molecule has 1 amide bonds. The van der Waals surface area contributed by atoms with Crippen LogP contribution in [0.4, 0.5) is 0 Å². The van der Waals surface area contributed by atoms with Gasteiger partial charge in [0.25, 0.3) is 5.91 Å². The van der Waals surface area contributed by atoms with Crippen LogP contribution in [0.15, 0.2) is 54.6 Å². The summed E-state index contributed by atoms with van der Waals surface area (Å²) in [5, 5.41) is 3.73. The van der Waals surface area contributed by atoms with Crippen LogP contribution in [0.5, 0.6) is 0 Å². The van der Waals surface area contributed by atoms with E-state index < -0.39 is 12.1 Å². The van der Waals surface area contributed by atoms with Gasteiger partial charge in [-0.2, -0.15) is 0 Å². The Bertz CT molecular complexity index is 958. The average Bonchev–Trinajstić information content (AvgIpc) is 3.39. The number of benzene rings is 2. The fourth-order valence-electron chi connectivity index (χ4n) is 3.11. The quantitative estimate of drug-likeness (QED) is 0.691. The molecule has 2 aromatic carbocycles. The Labute approximate surface area is 151 Å². The van der Waals surface area contributed by atoms with Gasteiger partial charge in [-0.15, -0.1) is 0 Å². The standard InChI is InChI=1S/C21H20N2O3/c1-13-18(16-9-5-6-10-17(16)22-13)21(25)26-19(14-7-3-2-4-8-14)20(24)23-15-11-12-15/h2-10,15,19,22H,11-12H2,1H3,(H,23,24). The predicted octanol–water partition coefficient (Wildman–Crippen LogP) is 3.65. The SMILES string of the molecule is Cc1[nH]c2ccccc2c1C(=O)OC(C(=O)NC1CC1)c1ccccc1. The Balaban J connectivity index is 1.65. The molecular weight excluding hydrogens is 328 g/mol. The number of fused-ring (bicyclic) bond motifs is 1. The van der Waals surface area contributed by atoms with Crippen LogP contribution >= 0.6 is 0 Å². The van der Waals surface area contributed by atoms with E-state index in [-0.39, 0.29) is 11.9 Å². The van der Waals surface area contributed by atoms with Crippen molar-refractivity contribution >= 4 is 22.8 Å². The van der Waals surface area contributed by atoms with E-state index in [9.17, 15) is 9.59 Å². The number of aromatic amines is 1. The van der Waals surface area contributed by atoms with E-state index in [1.165, 1.54) is 0 Å². The molecule has 0 radical (unpaired) electrons. The maximum Gasteiger partial charge on any atom is 0.341 e. The van der Waals surface area contributed by atoms with Gasteiger partial charge in [0.2, 0.25) is 6.10 Å². The Kier molecular flexibility index (Phi) is 4.21. The van der Waals surface area contributed by atoms with Crippen LogP contribution in [0.1, 0.15) is 40.6 Å². The molecule has 26 heavy (non-hydrogen) atoms. The van der Waals surface area contributed by atoms with Gasteiger partial charge in [0.1, 0.15) is 0 Å². The van der Waals surface area contributed by atoms with Crippen LogP contribution in [-0.2, 0) is 9.53 Å². The lowest BCUT2D eigenvalue weighted by Gasteiger charge is -2.18. The summed E-state index contributed by atoms with van der Waals surface area (Å²) in [5.74, 6) is -0.774. The number of para-hydroxylation sites is 1. The molecule has 3 aromatic rings. The molecule has 1 unspecified atom stereocenters. The molecule has 0 aliphatic heterocycles. The van der Waals surface area contributed by atoms with Gasteiger partial charge >= 0.3 is 5.97 Å². The van der Waals surface area contributed by atoms with Crippen LogP contribution in [0, 0.1) is 6.92 Å². The lowest BCUT2D eigenvalue weighted by molar-refractivity contribution is -0.130. The Morgan fingerprint density at radius 2 is 1.77 bits per heavy atom. The predicted molar refractivity (Wildman–Crippen MR) is 98.8 cm³/mol. The van der Waals surface area contributed by atoms with E-state index in [2.05, 4.69) is 10.3 Å². The largest absolute Gasteiger partial charge is 0.444 e. The van der Waals surface area contributed by atoms with Crippen molar-refractivity contribution in [2.45, 2.75) is 31.9 Å². The Morgan fingerprint density at radius 3 is 2.50 bits per heavy atom. The molecule has 1 atom stereocenters. The van der Waals surface area contributed by atoms with Crippen molar-refractivity contribution in [2.75, 3.05) is 0 Å². The first-order valence-corrected chi connectivity index (χ1v) is 8.77. The number of esters is 1. The molecule has 2 N–H and O–H groups in total. The average molecular weight is 348 g/mol. The monoisotopic (exact) mass is 348 g/mol. The first-order valence-electron chi connectivity index (χ1n) is 8.77. The van der Waals surface area contributed by atoms with E-state index in [0.717, 1.165) is 29.4 Å². The number of hydrogen-bond acceptors (Lipinski definition) is 3. The summed E-state index contributed by atoms with van der Waals surface area (Å²) in [6.45, 7) is 1.83. The fourth-order valence-corrected chi connectivity index (χ4v) is 3.11. The minimum absolute atomic E-state index is 0.197. The van der Waals surface area contributed by atoms with Gasteiger partial charge < -0.3 is 15.0 Å². The number of ether oxygens (including phenoxy) is 1. The van der Waals surface area contributed by atoms with E-state index in [1.807, 2.05) is 49.4 Å². The zero-order valence-electron chi connectivity index (χ0n) is 14.5. The molecule has 1 heterocycles. The molecule has 5 nitrogen and oxygen atoms in total. The Hall–Kier alpha value is -3.08. The van der Waals surface area contributed by atoms with Gasteiger partial charge in [-0.05, 0) is 25.8 Å². The van der Waals surface area contributed by atoms with Crippen molar-refractivity contribution < 1.29 is 14.3 Å². The summed E-state index contributed by atoms with van der Waals surface area (Å²) in [4.78, 5) is 28.8. The second kappa shape index (κ2) is 6.67. The van der Waals surface area contributed by atoms with Crippen molar-refractivity contribution in [2.24, 2.45) is 0 Å². The maximum absolute atomic E-state index is 12.9. The summed E-state index contributed by atoms with van der Waals surface area (Å²) in [5.41, 5.74) is 2.73. The molecule has 1 aliphatic rings. The highest BCUT2D eigenvalue weighted by Gasteiger charge is 2.32. The first kappa shape index (κ1) is 16.4. The molecule has 1 fully saturated rings. The second-order valence-corrected chi connectivity index (χ2v) is 6.65. The summed E-state index contributed by atoms with van der Waals surface area (Å²) < 4.78 is 5.69. The smallest absolute Gasteiger partial charge is 0.341 e. The van der Waals surface area contributed by atoms with Crippen molar-refractivity contribution in [3.63, 3.8) is 0 Å². The van der Waals surface area contributed by atoms with Gasteiger partial charge in [-0.3, -0.25) is 4.79 Å². The van der Waals surface area contributed by atoms with Gasteiger partial charge in [-0.25, -0.2) is 4.79 Å². The van der Waals surface area contributed by atoms with Gasteiger partial charge in [0.15, 0.2) is 0 Å². The van der Waals surface area contributed by atoms with E-state index in [4.69, 9.17) is 4.74 Å². The third-order valence-corrected chi connectivity index (χ3v) is 4.59. The number of carbonyl (C=O) groups is 2. The van der Waals surface area contributed by atoms with Gasteiger partial charge in [0.05, 0.1) is 5.56 Å². The zero-order chi connectivity index (χ0) is 18.1. The van der Waals surface area contributed by atoms with Crippen LogP contribution in [0.3, 0.4) is 0 Å². The fraction of sp³-hybridized carbons (Fsp3) is 0.238. The number of carbonyl (C=O) groups excluding carboxylic acids is 2. The van der Waals surface area contributed by atoms with Crippen LogP contribution in [-0.4, -0.2) is 22.9 Å².